The van der Waals surface area contributed by atoms with Crippen LogP contribution in [-0.2, 0) is 5.41 Å². The third-order valence-corrected chi connectivity index (χ3v) is 12.0. The Labute approximate surface area is 324 Å². The number of hydrogen-bond acceptors (Lipinski definition) is 2. The van der Waals surface area contributed by atoms with Crippen LogP contribution in [0.5, 0.6) is 0 Å². The van der Waals surface area contributed by atoms with E-state index in [9.17, 15) is 0 Å². The van der Waals surface area contributed by atoms with Crippen molar-refractivity contribution in [3.8, 4) is 61.8 Å². The maximum absolute atomic E-state index is 5.07. The van der Waals surface area contributed by atoms with Crippen LogP contribution in [-0.4, -0.2) is 14.5 Å². The van der Waals surface area contributed by atoms with E-state index < -0.39 is 5.41 Å². The van der Waals surface area contributed by atoms with Crippen LogP contribution in [0, 0.1) is 0 Å². The lowest BCUT2D eigenvalue weighted by Gasteiger charge is -2.39. The van der Waals surface area contributed by atoms with Crippen LogP contribution < -0.4 is 0 Å². The molecule has 0 saturated carbocycles. The highest BCUT2D eigenvalue weighted by Gasteiger charge is 2.50. The summed E-state index contributed by atoms with van der Waals surface area (Å²) in [6, 6.07) is 72.5. The lowest BCUT2D eigenvalue weighted by atomic mass is 9.65. The standard InChI is InChI=1S/C53H33N3/c1-3-14-35(15-4-1)47-33-48(55-52(54-47)37-16-5-2-6-17-37)36-28-26-34(27-29-36)38-30-31-49-42(32-38)41-20-13-24-46-51(41)56(49)50-25-12-11-23-45(50)53(46)43-21-9-7-18-39(43)40-19-8-10-22-44(40)53/h1-33H. The Kier molecular flexibility index (Phi) is 6.55. The molecular formula is C53H33N3. The SMILES string of the molecule is c1ccc(-c2cc(-c3ccc(-c4ccc5c(c4)c4cccc6c4n5-c4ccccc4C64c5ccccc5-c5ccccc54)cc3)nc(-c3ccccc3)n2)cc1. The van der Waals surface area contributed by atoms with Crippen LogP contribution in [0.3, 0.4) is 0 Å². The zero-order valence-corrected chi connectivity index (χ0v) is 30.4. The van der Waals surface area contributed by atoms with Gasteiger partial charge in [-0.2, -0.15) is 0 Å². The van der Waals surface area contributed by atoms with Crippen molar-refractivity contribution >= 4 is 21.8 Å². The maximum Gasteiger partial charge on any atom is 0.160 e. The molecule has 10 aromatic rings. The highest BCUT2D eigenvalue weighted by Crippen LogP contribution is 2.60. The summed E-state index contributed by atoms with van der Waals surface area (Å²) in [6.07, 6.45) is 0. The number of para-hydroxylation sites is 2. The van der Waals surface area contributed by atoms with Crippen molar-refractivity contribution in [2.75, 3.05) is 0 Å². The molecule has 0 radical (unpaired) electrons. The quantitative estimate of drug-likeness (QED) is 0.182. The topological polar surface area (TPSA) is 30.7 Å². The van der Waals surface area contributed by atoms with Crippen molar-refractivity contribution in [1.82, 2.24) is 14.5 Å². The summed E-state index contributed by atoms with van der Waals surface area (Å²) in [7, 11) is 0. The molecule has 0 saturated heterocycles. The fourth-order valence-corrected chi connectivity index (χ4v) is 9.65. The van der Waals surface area contributed by atoms with E-state index in [2.05, 4.69) is 180 Å². The van der Waals surface area contributed by atoms with Gasteiger partial charge in [0, 0.05) is 27.5 Å². The number of aromatic nitrogens is 3. The van der Waals surface area contributed by atoms with E-state index in [4.69, 9.17) is 9.97 Å². The zero-order valence-electron chi connectivity index (χ0n) is 30.4. The van der Waals surface area contributed by atoms with Crippen LogP contribution in [0.1, 0.15) is 22.3 Å². The van der Waals surface area contributed by atoms with Crippen LogP contribution >= 0.6 is 0 Å². The van der Waals surface area contributed by atoms with Crippen molar-refractivity contribution in [3.05, 3.63) is 222 Å². The van der Waals surface area contributed by atoms with Crippen molar-refractivity contribution in [3.63, 3.8) is 0 Å². The van der Waals surface area contributed by atoms with Gasteiger partial charge < -0.3 is 4.57 Å². The molecule has 260 valence electrons. The van der Waals surface area contributed by atoms with E-state index in [1.54, 1.807) is 0 Å². The molecule has 0 N–H and O–H groups in total. The van der Waals surface area contributed by atoms with Gasteiger partial charge in [-0.15, -0.1) is 0 Å². The Balaban J connectivity index is 1.02. The molecule has 1 aliphatic carbocycles. The third kappa shape index (κ3) is 4.28. The molecule has 1 aliphatic heterocycles. The maximum atomic E-state index is 5.07. The van der Waals surface area contributed by atoms with Gasteiger partial charge in [0.1, 0.15) is 0 Å². The summed E-state index contributed by atoms with van der Waals surface area (Å²) in [5.74, 6) is 0.720. The molecule has 3 nitrogen and oxygen atoms in total. The largest absolute Gasteiger partial charge is 0.309 e. The number of hydrogen-bond donors (Lipinski definition) is 0. The normalized spacial score (nSPS) is 13.1. The van der Waals surface area contributed by atoms with Gasteiger partial charge in [-0.3, -0.25) is 0 Å². The van der Waals surface area contributed by atoms with Gasteiger partial charge in [0.2, 0.25) is 0 Å². The van der Waals surface area contributed by atoms with E-state index >= 15 is 0 Å². The molecule has 8 aromatic carbocycles. The molecule has 0 bridgehead atoms. The predicted octanol–water partition coefficient (Wildman–Crippen LogP) is 12.9. The van der Waals surface area contributed by atoms with Crippen molar-refractivity contribution in [1.29, 1.82) is 0 Å². The first-order valence-electron chi connectivity index (χ1n) is 19.2. The van der Waals surface area contributed by atoms with E-state index in [-0.39, 0.29) is 0 Å². The second-order valence-corrected chi connectivity index (χ2v) is 14.9. The monoisotopic (exact) mass is 711 g/mol. The molecule has 0 atom stereocenters. The summed E-state index contributed by atoms with van der Waals surface area (Å²) < 4.78 is 2.51. The smallest absolute Gasteiger partial charge is 0.160 e. The van der Waals surface area contributed by atoms with Gasteiger partial charge >= 0.3 is 0 Å². The zero-order chi connectivity index (χ0) is 36.8. The van der Waals surface area contributed by atoms with Gasteiger partial charge in [0.25, 0.3) is 0 Å². The minimum Gasteiger partial charge on any atom is -0.309 e. The fourth-order valence-electron chi connectivity index (χ4n) is 9.65. The number of fused-ring (bicyclic) bond motifs is 12. The summed E-state index contributed by atoms with van der Waals surface area (Å²) >= 11 is 0. The van der Waals surface area contributed by atoms with E-state index in [1.807, 2.05) is 24.3 Å². The molecule has 12 rings (SSSR count). The average Bonchev–Trinajstić information content (AvgIpc) is 3.77. The first kappa shape index (κ1) is 31.0. The Bertz CT molecular complexity index is 3070. The average molecular weight is 712 g/mol. The highest BCUT2D eigenvalue weighted by atomic mass is 15.0. The Morgan fingerprint density at radius 3 is 1.59 bits per heavy atom. The van der Waals surface area contributed by atoms with E-state index in [0.717, 1.165) is 33.9 Å². The first-order chi connectivity index (χ1) is 27.8. The van der Waals surface area contributed by atoms with Gasteiger partial charge in [-0.1, -0.05) is 176 Å². The summed E-state index contributed by atoms with van der Waals surface area (Å²) in [5, 5.41) is 2.53. The molecule has 0 fully saturated rings. The lowest BCUT2D eigenvalue weighted by Crippen LogP contribution is -2.33. The molecule has 1 spiro atoms. The summed E-state index contributed by atoms with van der Waals surface area (Å²) in [6.45, 7) is 0. The van der Waals surface area contributed by atoms with Crippen molar-refractivity contribution in [2.24, 2.45) is 0 Å². The van der Waals surface area contributed by atoms with Gasteiger partial charge in [-0.25, -0.2) is 9.97 Å². The highest BCUT2D eigenvalue weighted by molar-refractivity contribution is 6.13. The predicted molar refractivity (Wildman–Crippen MR) is 229 cm³/mol. The molecule has 2 aliphatic rings. The number of nitrogens with zero attached hydrogens (tertiary/aromatic N) is 3. The Morgan fingerprint density at radius 1 is 0.357 bits per heavy atom. The van der Waals surface area contributed by atoms with Crippen molar-refractivity contribution < 1.29 is 0 Å². The van der Waals surface area contributed by atoms with Crippen molar-refractivity contribution in [2.45, 2.75) is 5.41 Å². The summed E-state index contributed by atoms with van der Waals surface area (Å²) in [5.41, 5.74) is 18.6. The van der Waals surface area contributed by atoms with Gasteiger partial charge in [0.15, 0.2) is 5.82 Å². The molecular weight excluding hydrogens is 679 g/mol. The van der Waals surface area contributed by atoms with E-state index in [1.165, 1.54) is 72.0 Å². The lowest BCUT2D eigenvalue weighted by molar-refractivity contribution is 0.748. The van der Waals surface area contributed by atoms with Gasteiger partial charge in [0.05, 0.1) is 33.5 Å². The number of rotatable bonds is 4. The Morgan fingerprint density at radius 2 is 0.893 bits per heavy atom. The second kappa shape index (κ2) is 11.8. The van der Waals surface area contributed by atoms with Crippen LogP contribution in [0.25, 0.3) is 83.6 Å². The minimum absolute atomic E-state index is 0.409. The molecule has 3 heterocycles. The third-order valence-electron chi connectivity index (χ3n) is 12.0. The van der Waals surface area contributed by atoms with Crippen LogP contribution in [0.4, 0.5) is 0 Å². The molecule has 0 amide bonds. The Hall–Kier alpha value is -7.36. The van der Waals surface area contributed by atoms with Crippen LogP contribution in [0.2, 0.25) is 0 Å². The minimum atomic E-state index is -0.409. The molecule has 2 aromatic heterocycles. The molecule has 0 unspecified atom stereocenters. The van der Waals surface area contributed by atoms with Crippen LogP contribution in [0.15, 0.2) is 200 Å². The summed E-state index contributed by atoms with van der Waals surface area (Å²) in [4.78, 5) is 10.1. The second-order valence-electron chi connectivity index (χ2n) is 14.9. The molecule has 56 heavy (non-hydrogen) atoms. The number of benzene rings is 8. The molecule has 3 heteroatoms. The fraction of sp³-hybridized carbons (Fsp3) is 0.0189. The van der Waals surface area contributed by atoms with Gasteiger partial charge in [-0.05, 0) is 68.8 Å². The van der Waals surface area contributed by atoms with E-state index in [0.29, 0.717) is 0 Å². The first-order valence-corrected chi connectivity index (χ1v) is 19.2.